The average Bonchev–Trinajstić information content (AvgIpc) is 3.34. The summed E-state index contributed by atoms with van der Waals surface area (Å²) < 4.78 is 4.46. The third-order valence-electron chi connectivity index (χ3n) is 4.54. The first-order valence-corrected chi connectivity index (χ1v) is 11.3. The highest BCUT2D eigenvalue weighted by atomic mass is 35.5. The molecule has 4 heterocycles. The van der Waals surface area contributed by atoms with Crippen LogP contribution >= 0.6 is 46.2 Å². The van der Waals surface area contributed by atoms with E-state index in [9.17, 15) is 24.4 Å². The van der Waals surface area contributed by atoms with Crippen LogP contribution in [0.25, 0.3) is 0 Å². The van der Waals surface area contributed by atoms with Gasteiger partial charge in [0.05, 0.1) is 6.04 Å². The molecule has 162 valence electrons. The number of nitrogens with zero attached hydrogens (tertiary/aromatic N) is 6. The molecule has 2 amide bonds. The number of fused-ring (bicyclic) bond motifs is 1. The second-order valence-corrected chi connectivity index (χ2v) is 9.98. The highest BCUT2D eigenvalue weighted by Crippen LogP contribution is 2.44. The van der Waals surface area contributed by atoms with E-state index in [0.717, 1.165) is 39.5 Å². The van der Waals surface area contributed by atoms with Crippen molar-refractivity contribution in [1.82, 2.24) is 29.8 Å². The van der Waals surface area contributed by atoms with E-state index in [2.05, 4.69) is 30.0 Å². The Morgan fingerprint density at radius 3 is 2.77 bits per heavy atom. The number of aromatic nitrogens is 4. The molecular formula is C14H11ClN8O5S3. The normalized spacial score (nSPS) is 21.3. The lowest BCUT2D eigenvalue weighted by atomic mass is 9.86. The van der Waals surface area contributed by atoms with E-state index in [-0.39, 0.29) is 21.1 Å². The molecule has 2 aliphatic rings. The Hall–Kier alpha value is -2.69. The summed E-state index contributed by atoms with van der Waals surface area (Å²) in [7, 11) is 0. The molecule has 17 heteroatoms. The summed E-state index contributed by atoms with van der Waals surface area (Å²) in [6, 6.07) is -3.14. The lowest BCUT2D eigenvalue weighted by Crippen LogP contribution is -2.71. The molecule has 1 saturated heterocycles. The Balaban J connectivity index is 1.51. The molecule has 13 nitrogen and oxygen atoms in total. The van der Waals surface area contributed by atoms with Crippen LogP contribution in [0.1, 0.15) is 24.7 Å². The first kappa shape index (κ1) is 21.5. The number of nitrogens with two attached hydrogens (primary N) is 1. The van der Waals surface area contributed by atoms with Crippen LogP contribution in [0, 0.1) is 4.91 Å². The Morgan fingerprint density at radius 1 is 1.42 bits per heavy atom. The topological polar surface area (TPSA) is 194 Å². The van der Waals surface area contributed by atoms with Gasteiger partial charge in [-0.25, -0.2) is 9.78 Å². The van der Waals surface area contributed by atoms with Crippen LogP contribution in [-0.2, 0) is 14.4 Å². The van der Waals surface area contributed by atoms with Crippen LogP contribution in [0.15, 0.2) is 20.1 Å². The number of carboxylic acids is 1. The van der Waals surface area contributed by atoms with Crippen molar-refractivity contribution in [2.75, 3.05) is 5.73 Å². The van der Waals surface area contributed by atoms with Gasteiger partial charge in [-0.15, -0.1) is 15.1 Å². The van der Waals surface area contributed by atoms with E-state index in [1.165, 1.54) is 0 Å². The van der Waals surface area contributed by atoms with E-state index in [1.54, 1.807) is 0 Å². The molecule has 3 unspecified atom stereocenters. The molecule has 2 aromatic heterocycles. The maximum Gasteiger partial charge on any atom is 0.353 e. The molecule has 3 atom stereocenters. The van der Waals surface area contributed by atoms with E-state index >= 15 is 0 Å². The van der Waals surface area contributed by atoms with Gasteiger partial charge in [0.2, 0.25) is 10.5 Å². The summed E-state index contributed by atoms with van der Waals surface area (Å²) in [5.74, 6) is -2.92. The van der Waals surface area contributed by atoms with Crippen LogP contribution in [0.5, 0.6) is 0 Å². The summed E-state index contributed by atoms with van der Waals surface area (Å²) in [5.41, 5.74) is 5.28. The maximum atomic E-state index is 12.7. The summed E-state index contributed by atoms with van der Waals surface area (Å²) in [6.07, 6.45) is 0.729. The van der Waals surface area contributed by atoms with Gasteiger partial charge in [0.15, 0.2) is 15.3 Å². The quantitative estimate of drug-likeness (QED) is 0.361. The van der Waals surface area contributed by atoms with Gasteiger partial charge in [-0.1, -0.05) is 23.1 Å². The molecule has 0 aliphatic carbocycles. The Kier molecular flexibility index (Phi) is 5.87. The fraction of sp³-hybridized carbons (Fsp3) is 0.357. The standard InChI is InChI=1S/C14H11ClN8O5S3/c15-12-19-20-14(30-12)29-4-2-1-3-5(10(25)23(3)7(4)11(26)27)17-9(24)6(21-28)8-18-13(16)31-22-8/h3,5-6H,1-2H2,(H,17,24)(H,26,27)(H2,16,18,22). The van der Waals surface area contributed by atoms with Crippen molar-refractivity contribution in [2.24, 2.45) is 5.18 Å². The molecule has 0 radical (unpaired) electrons. The molecule has 0 aromatic carbocycles. The molecule has 0 spiro atoms. The van der Waals surface area contributed by atoms with Gasteiger partial charge in [-0.05, 0) is 29.6 Å². The van der Waals surface area contributed by atoms with Crippen molar-refractivity contribution in [3.8, 4) is 0 Å². The fourth-order valence-electron chi connectivity index (χ4n) is 3.27. The van der Waals surface area contributed by atoms with Crippen molar-refractivity contribution in [3.63, 3.8) is 0 Å². The van der Waals surface area contributed by atoms with Gasteiger partial charge in [0, 0.05) is 16.4 Å². The predicted molar refractivity (Wildman–Crippen MR) is 110 cm³/mol. The minimum Gasteiger partial charge on any atom is -0.477 e. The zero-order valence-corrected chi connectivity index (χ0v) is 18.3. The fourth-order valence-corrected chi connectivity index (χ4v) is 5.93. The third kappa shape index (κ3) is 3.98. The first-order valence-electron chi connectivity index (χ1n) is 8.48. The number of aliphatic carboxylic acids is 1. The second-order valence-electron chi connectivity index (χ2n) is 6.30. The summed E-state index contributed by atoms with van der Waals surface area (Å²) in [6.45, 7) is 0. The van der Waals surface area contributed by atoms with Crippen LogP contribution < -0.4 is 11.1 Å². The number of anilines is 1. The number of halogens is 1. The van der Waals surface area contributed by atoms with Crippen molar-refractivity contribution >= 4 is 69.1 Å². The van der Waals surface area contributed by atoms with Gasteiger partial charge in [-0.3, -0.25) is 14.5 Å². The molecule has 0 bridgehead atoms. The zero-order valence-electron chi connectivity index (χ0n) is 15.1. The number of thioether (sulfide) groups is 1. The number of carboxylic acid groups (broad SMARTS) is 1. The van der Waals surface area contributed by atoms with Crippen molar-refractivity contribution < 1.29 is 19.5 Å². The van der Waals surface area contributed by atoms with E-state index < -0.39 is 35.9 Å². The van der Waals surface area contributed by atoms with Crippen LogP contribution in [-0.4, -0.2) is 59.4 Å². The minimum absolute atomic E-state index is 0.0626. The summed E-state index contributed by atoms with van der Waals surface area (Å²) >= 11 is 8.73. The van der Waals surface area contributed by atoms with Gasteiger partial charge in [0.1, 0.15) is 11.7 Å². The van der Waals surface area contributed by atoms with E-state index in [4.69, 9.17) is 17.3 Å². The number of carbonyl (C=O) groups is 3. The lowest BCUT2D eigenvalue weighted by Gasteiger charge is -2.50. The number of carbonyl (C=O) groups excluding carboxylic acids is 2. The SMILES string of the molecule is Nc1nc(C(N=O)C(=O)NC2C(=O)N3C(C(=O)O)=C(Sc4nnc(Cl)s4)CCC23)ns1. The molecular weight excluding hydrogens is 492 g/mol. The largest absolute Gasteiger partial charge is 0.477 e. The number of nitroso groups, excluding NO2 is 1. The summed E-state index contributed by atoms with van der Waals surface area (Å²) in [5, 5.41) is 22.4. The molecule has 0 saturated carbocycles. The van der Waals surface area contributed by atoms with Crippen LogP contribution in [0.2, 0.25) is 4.47 Å². The predicted octanol–water partition coefficient (Wildman–Crippen LogP) is 1.01. The van der Waals surface area contributed by atoms with Crippen molar-refractivity contribution in [2.45, 2.75) is 35.3 Å². The number of allylic oxidation sites excluding steroid dienone is 1. The second kappa shape index (κ2) is 8.45. The molecule has 4 N–H and O–H groups in total. The van der Waals surface area contributed by atoms with Crippen molar-refractivity contribution in [3.05, 3.63) is 25.8 Å². The van der Waals surface area contributed by atoms with Gasteiger partial charge in [-0.2, -0.15) is 4.37 Å². The third-order valence-corrected chi connectivity index (χ3v) is 7.31. The first-order chi connectivity index (χ1) is 14.8. The van der Waals surface area contributed by atoms with E-state index in [1.807, 2.05) is 0 Å². The monoisotopic (exact) mass is 502 g/mol. The molecule has 1 fully saturated rings. The minimum atomic E-state index is -1.57. The van der Waals surface area contributed by atoms with Gasteiger partial charge < -0.3 is 16.2 Å². The zero-order chi connectivity index (χ0) is 22.3. The smallest absolute Gasteiger partial charge is 0.353 e. The number of hydrogen-bond donors (Lipinski definition) is 3. The van der Waals surface area contributed by atoms with Gasteiger partial charge >= 0.3 is 5.97 Å². The Morgan fingerprint density at radius 2 is 2.19 bits per heavy atom. The summed E-state index contributed by atoms with van der Waals surface area (Å²) in [4.78, 5) is 53.5. The highest BCUT2D eigenvalue weighted by molar-refractivity contribution is 8.04. The van der Waals surface area contributed by atoms with Crippen LogP contribution in [0.3, 0.4) is 0 Å². The number of nitrogens with one attached hydrogen (secondary N) is 1. The van der Waals surface area contributed by atoms with Crippen LogP contribution in [0.4, 0.5) is 5.13 Å². The molecule has 2 aliphatic heterocycles. The van der Waals surface area contributed by atoms with Gasteiger partial charge in [0.25, 0.3) is 11.8 Å². The Bertz CT molecular complexity index is 1120. The number of amides is 2. The highest BCUT2D eigenvalue weighted by Gasteiger charge is 2.54. The average molecular weight is 503 g/mol. The number of nitrogen functional groups attached to an aromatic ring is 1. The van der Waals surface area contributed by atoms with E-state index in [0.29, 0.717) is 22.1 Å². The van der Waals surface area contributed by atoms with Crippen molar-refractivity contribution in [1.29, 1.82) is 0 Å². The maximum absolute atomic E-state index is 12.7. The molecule has 2 aromatic rings. The molecule has 4 rings (SSSR count). The number of hydrogen-bond acceptors (Lipinski definition) is 13. The Labute approximate surface area is 190 Å². The number of β-lactam (4-membered cyclic amide) rings is 1. The lowest BCUT2D eigenvalue weighted by molar-refractivity contribution is -0.156. The molecule has 31 heavy (non-hydrogen) atoms. The number of rotatable bonds is 7.